The molecular weight excluding hydrogens is 378 g/mol. The van der Waals surface area contributed by atoms with Crippen LogP contribution in [0.4, 0.5) is 5.69 Å². The predicted molar refractivity (Wildman–Crippen MR) is 111 cm³/mol. The highest BCUT2D eigenvalue weighted by Crippen LogP contribution is 2.22. The van der Waals surface area contributed by atoms with Gasteiger partial charge in [0.25, 0.3) is 5.56 Å². The first-order valence-electron chi connectivity index (χ1n) is 9.08. The molecule has 0 aliphatic carbocycles. The molecule has 3 rings (SSSR count). The number of hydrogen-bond acceptors (Lipinski definition) is 5. The lowest BCUT2D eigenvalue weighted by Gasteiger charge is -2.09. The van der Waals surface area contributed by atoms with E-state index in [0.29, 0.717) is 22.9 Å². The molecule has 9 heteroatoms. The molecule has 2 heterocycles. The summed E-state index contributed by atoms with van der Waals surface area (Å²) in [6.07, 6.45) is 1.81. The number of fused-ring (bicyclic) bond motifs is 1. The van der Waals surface area contributed by atoms with Crippen molar-refractivity contribution in [2.24, 2.45) is 14.1 Å². The highest BCUT2D eigenvalue weighted by molar-refractivity contribution is 7.99. The van der Waals surface area contributed by atoms with Crippen LogP contribution in [0.5, 0.6) is 0 Å². The summed E-state index contributed by atoms with van der Waals surface area (Å²) in [5.74, 6) is -0.00871. The van der Waals surface area contributed by atoms with Gasteiger partial charge in [0, 0.05) is 26.3 Å². The number of anilines is 1. The number of aromatic nitrogens is 4. The number of amides is 1. The molecular formula is C19H23N5O3S. The van der Waals surface area contributed by atoms with E-state index in [2.05, 4.69) is 17.2 Å². The van der Waals surface area contributed by atoms with Gasteiger partial charge in [-0.15, -0.1) is 0 Å². The van der Waals surface area contributed by atoms with Gasteiger partial charge in [0.05, 0.1) is 5.75 Å². The molecule has 1 N–H and O–H groups in total. The van der Waals surface area contributed by atoms with Crippen molar-refractivity contribution in [3.8, 4) is 0 Å². The van der Waals surface area contributed by atoms with Gasteiger partial charge >= 0.3 is 5.69 Å². The lowest BCUT2D eigenvalue weighted by Crippen LogP contribution is -2.37. The fourth-order valence-corrected chi connectivity index (χ4v) is 3.73. The predicted octanol–water partition coefficient (Wildman–Crippen LogP) is 1.96. The van der Waals surface area contributed by atoms with E-state index in [9.17, 15) is 14.4 Å². The SMILES string of the molecule is CCCCn1c(SCC(=O)Nc2ccccc2)nc2c1c(=O)n(C)c(=O)n2C. The summed E-state index contributed by atoms with van der Waals surface area (Å²) in [4.78, 5) is 41.7. The Morgan fingerprint density at radius 2 is 1.86 bits per heavy atom. The lowest BCUT2D eigenvalue weighted by molar-refractivity contribution is -0.113. The van der Waals surface area contributed by atoms with Gasteiger partial charge in [-0.3, -0.25) is 18.7 Å². The first-order chi connectivity index (χ1) is 13.4. The molecule has 0 fully saturated rings. The number of para-hydroxylation sites is 1. The molecule has 0 saturated heterocycles. The standard InChI is InChI=1S/C19H23N5O3S/c1-4-5-11-24-15-16(22(2)19(27)23(3)17(15)26)21-18(24)28-12-14(25)20-13-9-7-6-8-10-13/h6-10H,4-5,11-12H2,1-3H3,(H,20,25). The summed E-state index contributed by atoms with van der Waals surface area (Å²) < 4.78 is 4.28. The van der Waals surface area contributed by atoms with Crippen molar-refractivity contribution in [2.75, 3.05) is 11.1 Å². The number of nitrogens with zero attached hydrogens (tertiary/aromatic N) is 4. The van der Waals surface area contributed by atoms with E-state index in [4.69, 9.17) is 0 Å². The second-order valence-corrected chi connectivity index (χ2v) is 7.42. The van der Waals surface area contributed by atoms with Crippen LogP contribution in [0.3, 0.4) is 0 Å². The number of hydrogen-bond donors (Lipinski definition) is 1. The monoisotopic (exact) mass is 401 g/mol. The highest BCUT2D eigenvalue weighted by Gasteiger charge is 2.19. The molecule has 0 aliphatic rings. The summed E-state index contributed by atoms with van der Waals surface area (Å²) in [5.41, 5.74) is 0.668. The minimum Gasteiger partial charge on any atom is -0.325 e. The summed E-state index contributed by atoms with van der Waals surface area (Å²) in [6, 6.07) is 9.22. The molecule has 0 saturated carbocycles. The number of rotatable bonds is 7. The zero-order valence-corrected chi connectivity index (χ0v) is 17.0. The molecule has 0 radical (unpaired) electrons. The highest BCUT2D eigenvalue weighted by atomic mass is 32.2. The molecule has 2 aromatic heterocycles. The number of carbonyl (C=O) groups excluding carboxylic acids is 1. The van der Waals surface area contributed by atoms with Crippen molar-refractivity contribution >= 4 is 34.5 Å². The Kier molecular flexibility index (Phi) is 6.03. The number of unbranched alkanes of at least 4 members (excludes halogenated alkanes) is 1. The summed E-state index contributed by atoms with van der Waals surface area (Å²) in [6.45, 7) is 2.66. The average molecular weight is 401 g/mol. The quantitative estimate of drug-likeness (QED) is 0.611. The molecule has 148 valence electrons. The van der Waals surface area contributed by atoms with Gasteiger partial charge < -0.3 is 9.88 Å². The van der Waals surface area contributed by atoms with Gasteiger partial charge in [-0.05, 0) is 18.6 Å². The zero-order valence-electron chi connectivity index (χ0n) is 16.1. The summed E-state index contributed by atoms with van der Waals surface area (Å²) in [5, 5.41) is 3.39. The average Bonchev–Trinajstić information content (AvgIpc) is 3.07. The lowest BCUT2D eigenvalue weighted by atomic mass is 10.3. The van der Waals surface area contributed by atoms with Crippen molar-refractivity contribution < 1.29 is 4.79 Å². The van der Waals surface area contributed by atoms with Crippen molar-refractivity contribution in [2.45, 2.75) is 31.5 Å². The Hall–Kier alpha value is -2.81. The van der Waals surface area contributed by atoms with Gasteiger partial charge in [-0.2, -0.15) is 0 Å². The van der Waals surface area contributed by atoms with Crippen LogP contribution < -0.4 is 16.6 Å². The van der Waals surface area contributed by atoms with E-state index >= 15 is 0 Å². The van der Waals surface area contributed by atoms with Gasteiger partial charge in [-0.1, -0.05) is 43.3 Å². The number of carbonyl (C=O) groups is 1. The molecule has 0 unspecified atom stereocenters. The van der Waals surface area contributed by atoms with Crippen LogP contribution in [-0.2, 0) is 25.4 Å². The van der Waals surface area contributed by atoms with Crippen molar-refractivity contribution in [1.29, 1.82) is 0 Å². The second kappa shape index (κ2) is 8.47. The third kappa shape index (κ3) is 3.89. The third-order valence-electron chi connectivity index (χ3n) is 4.44. The summed E-state index contributed by atoms with van der Waals surface area (Å²) in [7, 11) is 3.05. The molecule has 0 aliphatic heterocycles. The van der Waals surface area contributed by atoms with Gasteiger partial charge in [-0.25, -0.2) is 9.78 Å². The fourth-order valence-electron chi connectivity index (χ4n) is 2.91. The van der Waals surface area contributed by atoms with Gasteiger partial charge in [0.1, 0.15) is 0 Å². The zero-order chi connectivity index (χ0) is 20.3. The normalized spacial score (nSPS) is 11.1. The number of nitrogens with one attached hydrogen (secondary N) is 1. The van der Waals surface area contributed by atoms with Crippen LogP contribution >= 0.6 is 11.8 Å². The van der Waals surface area contributed by atoms with Crippen molar-refractivity contribution in [3.63, 3.8) is 0 Å². The molecule has 0 spiro atoms. The Morgan fingerprint density at radius 3 is 2.54 bits per heavy atom. The first-order valence-corrected chi connectivity index (χ1v) is 10.1. The summed E-state index contributed by atoms with van der Waals surface area (Å²) >= 11 is 1.26. The van der Waals surface area contributed by atoms with Crippen LogP contribution in [0, 0.1) is 0 Å². The molecule has 1 amide bonds. The van der Waals surface area contributed by atoms with E-state index in [1.54, 1.807) is 7.05 Å². The molecule has 3 aromatic rings. The van der Waals surface area contributed by atoms with Crippen LogP contribution in [-0.4, -0.2) is 30.3 Å². The van der Waals surface area contributed by atoms with Crippen LogP contribution in [0.15, 0.2) is 45.1 Å². The molecule has 0 atom stereocenters. The Bertz CT molecular complexity index is 1110. The first kappa shape index (κ1) is 19.9. The minimum absolute atomic E-state index is 0.151. The second-order valence-electron chi connectivity index (χ2n) is 6.48. The fraction of sp³-hybridized carbons (Fsp3) is 0.368. The Labute approximate surface area is 166 Å². The van der Waals surface area contributed by atoms with E-state index in [-0.39, 0.29) is 17.2 Å². The Morgan fingerprint density at radius 1 is 1.14 bits per heavy atom. The van der Waals surface area contributed by atoms with Crippen LogP contribution in [0.2, 0.25) is 0 Å². The molecule has 28 heavy (non-hydrogen) atoms. The Balaban J connectivity index is 1.92. The maximum Gasteiger partial charge on any atom is 0.332 e. The maximum absolute atomic E-state index is 12.7. The van der Waals surface area contributed by atoms with E-state index in [0.717, 1.165) is 23.1 Å². The largest absolute Gasteiger partial charge is 0.332 e. The van der Waals surface area contributed by atoms with E-state index < -0.39 is 5.69 Å². The number of imidazole rings is 1. The maximum atomic E-state index is 12.7. The molecule has 1 aromatic carbocycles. The van der Waals surface area contributed by atoms with Crippen LogP contribution in [0.25, 0.3) is 11.2 Å². The molecule has 8 nitrogen and oxygen atoms in total. The third-order valence-corrected chi connectivity index (χ3v) is 5.41. The van der Waals surface area contributed by atoms with Gasteiger partial charge in [0.15, 0.2) is 16.3 Å². The minimum atomic E-state index is -0.420. The molecule has 0 bridgehead atoms. The topological polar surface area (TPSA) is 90.9 Å². The van der Waals surface area contributed by atoms with E-state index in [1.807, 2.05) is 34.9 Å². The van der Waals surface area contributed by atoms with Gasteiger partial charge in [0.2, 0.25) is 5.91 Å². The smallest absolute Gasteiger partial charge is 0.325 e. The van der Waals surface area contributed by atoms with Crippen LogP contribution in [0.1, 0.15) is 19.8 Å². The number of aryl methyl sites for hydroxylation is 2. The number of benzene rings is 1. The van der Waals surface area contributed by atoms with Crippen molar-refractivity contribution in [3.05, 3.63) is 51.2 Å². The number of thioether (sulfide) groups is 1. The van der Waals surface area contributed by atoms with Crippen molar-refractivity contribution in [1.82, 2.24) is 18.7 Å². The van der Waals surface area contributed by atoms with E-state index in [1.165, 1.54) is 23.4 Å².